The van der Waals surface area contributed by atoms with Crippen LogP contribution in [-0.4, -0.2) is 10.1 Å². The van der Waals surface area contributed by atoms with Gasteiger partial charge < -0.3 is 4.52 Å². The molecule has 0 aliphatic heterocycles. The average molecular weight is 219 g/mol. The van der Waals surface area contributed by atoms with Gasteiger partial charge in [0.2, 0.25) is 5.89 Å². The highest BCUT2D eigenvalue weighted by molar-refractivity contribution is 9.08. The van der Waals surface area contributed by atoms with E-state index < -0.39 is 0 Å². The van der Waals surface area contributed by atoms with Crippen LogP contribution >= 0.6 is 15.9 Å². The van der Waals surface area contributed by atoms with Crippen LogP contribution in [0.25, 0.3) is 0 Å². The third kappa shape index (κ3) is 2.61. The molecule has 0 aliphatic rings. The molecule has 1 rings (SSSR count). The van der Waals surface area contributed by atoms with E-state index in [0.29, 0.717) is 11.2 Å². The Kier molecular flexibility index (Phi) is 3.56. The normalized spacial score (nSPS) is 10.4. The largest absolute Gasteiger partial charge is 0.338 e. The summed E-state index contributed by atoms with van der Waals surface area (Å²) in [6.45, 7) is 2.14. The lowest BCUT2D eigenvalue weighted by atomic mass is 10.2. The highest BCUT2D eigenvalue weighted by Crippen LogP contribution is 2.04. The van der Waals surface area contributed by atoms with Crippen molar-refractivity contribution >= 4 is 15.9 Å². The first-order valence-electron chi connectivity index (χ1n) is 3.74. The minimum atomic E-state index is 0.645. The first-order valence-corrected chi connectivity index (χ1v) is 4.86. The lowest BCUT2D eigenvalue weighted by Crippen LogP contribution is -1.87. The van der Waals surface area contributed by atoms with Gasteiger partial charge in [0.1, 0.15) is 0 Å². The van der Waals surface area contributed by atoms with E-state index in [1.165, 1.54) is 0 Å². The Labute approximate surface area is 74.3 Å². The SMILES string of the molecule is CCCCc1noc(CBr)n1. The summed E-state index contributed by atoms with van der Waals surface area (Å²) in [6, 6.07) is 0. The topological polar surface area (TPSA) is 38.9 Å². The van der Waals surface area contributed by atoms with E-state index >= 15 is 0 Å². The standard InChI is InChI=1S/C7H11BrN2O/c1-2-3-4-6-9-7(5-8)11-10-6/h2-5H2,1H3. The van der Waals surface area contributed by atoms with Gasteiger partial charge in [0.15, 0.2) is 5.82 Å². The molecule has 0 fully saturated rings. The first kappa shape index (κ1) is 8.71. The van der Waals surface area contributed by atoms with Crippen LogP contribution in [0.4, 0.5) is 0 Å². The Morgan fingerprint density at radius 2 is 2.36 bits per heavy atom. The molecule has 1 heterocycles. The molecule has 0 unspecified atom stereocenters. The van der Waals surface area contributed by atoms with Crippen molar-refractivity contribution in [2.24, 2.45) is 0 Å². The van der Waals surface area contributed by atoms with Crippen LogP contribution in [0.15, 0.2) is 4.52 Å². The number of alkyl halides is 1. The molecular weight excluding hydrogens is 208 g/mol. The number of aromatic nitrogens is 2. The minimum absolute atomic E-state index is 0.645. The lowest BCUT2D eigenvalue weighted by molar-refractivity contribution is 0.385. The number of aryl methyl sites for hydroxylation is 1. The Hall–Kier alpha value is -0.380. The fourth-order valence-corrected chi connectivity index (χ4v) is 1.01. The molecule has 0 atom stereocenters. The zero-order valence-corrected chi connectivity index (χ0v) is 8.10. The van der Waals surface area contributed by atoms with E-state index in [9.17, 15) is 0 Å². The Bertz CT molecular complexity index is 212. The van der Waals surface area contributed by atoms with Crippen LogP contribution in [0.5, 0.6) is 0 Å². The first-order chi connectivity index (χ1) is 5.36. The van der Waals surface area contributed by atoms with E-state index in [1.807, 2.05) is 0 Å². The molecule has 0 amide bonds. The van der Waals surface area contributed by atoms with Crippen molar-refractivity contribution in [3.63, 3.8) is 0 Å². The van der Waals surface area contributed by atoms with Gasteiger partial charge in [-0.2, -0.15) is 4.98 Å². The van der Waals surface area contributed by atoms with Crippen LogP contribution < -0.4 is 0 Å². The summed E-state index contributed by atoms with van der Waals surface area (Å²) in [7, 11) is 0. The molecule has 4 heteroatoms. The number of hydrogen-bond acceptors (Lipinski definition) is 3. The van der Waals surface area contributed by atoms with E-state index in [0.717, 1.165) is 25.1 Å². The molecule has 0 spiro atoms. The van der Waals surface area contributed by atoms with Crippen LogP contribution in [0.1, 0.15) is 31.5 Å². The van der Waals surface area contributed by atoms with E-state index in [2.05, 4.69) is 33.0 Å². The van der Waals surface area contributed by atoms with Gasteiger partial charge in [0.05, 0.1) is 5.33 Å². The monoisotopic (exact) mass is 218 g/mol. The summed E-state index contributed by atoms with van der Waals surface area (Å²) in [4.78, 5) is 4.14. The van der Waals surface area contributed by atoms with Gasteiger partial charge >= 0.3 is 0 Å². The van der Waals surface area contributed by atoms with Gasteiger partial charge in [0, 0.05) is 6.42 Å². The maximum Gasteiger partial charge on any atom is 0.237 e. The van der Waals surface area contributed by atoms with E-state index in [-0.39, 0.29) is 0 Å². The van der Waals surface area contributed by atoms with Gasteiger partial charge in [-0.3, -0.25) is 0 Å². The summed E-state index contributed by atoms with van der Waals surface area (Å²) in [5, 5.41) is 4.45. The van der Waals surface area contributed by atoms with Crippen molar-refractivity contribution < 1.29 is 4.52 Å². The van der Waals surface area contributed by atoms with Gasteiger partial charge in [-0.05, 0) is 6.42 Å². The van der Waals surface area contributed by atoms with Crippen molar-refractivity contribution in [2.75, 3.05) is 0 Å². The highest BCUT2D eigenvalue weighted by atomic mass is 79.9. The molecule has 0 saturated carbocycles. The van der Waals surface area contributed by atoms with Crippen LogP contribution in [0.3, 0.4) is 0 Å². The third-order valence-electron chi connectivity index (χ3n) is 1.38. The minimum Gasteiger partial charge on any atom is -0.338 e. The fourth-order valence-electron chi connectivity index (χ4n) is 0.781. The number of unbranched alkanes of at least 4 members (excludes halogenated alkanes) is 1. The molecule has 0 N–H and O–H groups in total. The molecule has 0 aliphatic carbocycles. The Balaban J connectivity index is 2.44. The van der Waals surface area contributed by atoms with E-state index in [4.69, 9.17) is 4.52 Å². The zero-order chi connectivity index (χ0) is 8.10. The number of hydrogen-bond donors (Lipinski definition) is 0. The maximum atomic E-state index is 4.90. The van der Waals surface area contributed by atoms with Crippen molar-refractivity contribution in [1.82, 2.24) is 10.1 Å². The predicted octanol–water partition coefficient (Wildman–Crippen LogP) is 2.31. The Morgan fingerprint density at radius 3 is 2.91 bits per heavy atom. The second-order valence-corrected chi connectivity index (χ2v) is 2.90. The highest BCUT2D eigenvalue weighted by Gasteiger charge is 2.02. The predicted molar refractivity (Wildman–Crippen MR) is 45.5 cm³/mol. The molecule has 0 aromatic carbocycles. The van der Waals surface area contributed by atoms with E-state index in [1.54, 1.807) is 0 Å². The van der Waals surface area contributed by atoms with Crippen LogP contribution in [0, 0.1) is 0 Å². The molecule has 1 aromatic rings. The van der Waals surface area contributed by atoms with Gasteiger partial charge in [-0.1, -0.05) is 34.4 Å². The summed E-state index contributed by atoms with van der Waals surface area (Å²) in [5.41, 5.74) is 0. The van der Waals surface area contributed by atoms with Crippen LogP contribution in [0.2, 0.25) is 0 Å². The number of nitrogens with zero attached hydrogens (tertiary/aromatic N) is 2. The van der Waals surface area contributed by atoms with Crippen molar-refractivity contribution in [1.29, 1.82) is 0 Å². The molecule has 3 nitrogen and oxygen atoms in total. The summed E-state index contributed by atoms with van der Waals surface area (Å²) < 4.78 is 4.90. The number of rotatable bonds is 4. The lowest BCUT2D eigenvalue weighted by Gasteiger charge is -1.87. The average Bonchev–Trinajstić information content (AvgIpc) is 2.48. The molecule has 0 saturated heterocycles. The summed E-state index contributed by atoms with van der Waals surface area (Å²) in [6.07, 6.45) is 3.21. The fraction of sp³-hybridized carbons (Fsp3) is 0.714. The van der Waals surface area contributed by atoms with Crippen molar-refractivity contribution in [3.8, 4) is 0 Å². The quantitative estimate of drug-likeness (QED) is 0.729. The zero-order valence-electron chi connectivity index (χ0n) is 6.51. The van der Waals surface area contributed by atoms with Crippen LogP contribution in [-0.2, 0) is 11.8 Å². The van der Waals surface area contributed by atoms with Gasteiger partial charge in [0.25, 0.3) is 0 Å². The molecule has 1 aromatic heterocycles. The summed E-state index contributed by atoms with van der Waals surface area (Å²) in [5.74, 6) is 1.48. The molecule has 62 valence electrons. The van der Waals surface area contributed by atoms with Gasteiger partial charge in [-0.25, -0.2) is 0 Å². The van der Waals surface area contributed by atoms with Gasteiger partial charge in [-0.15, -0.1) is 0 Å². The second-order valence-electron chi connectivity index (χ2n) is 2.34. The maximum absolute atomic E-state index is 4.90. The summed E-state index contributed by atoms with van der Waals surface area (Å²) >= 11 is 3.24. The number of halogens is 1. The third-order valence-corrected chi connectivity index (χ3v) is 1.86. The molecular formula is C7H11BrN2O. The smallest absolute Gasteiger partial charge is 0.237 e. The van der Waals surface area contributed by atoms with Crippen molar-refractivity contribution in [2.45, 2.75) is 31.5 Å². The molecule has 0 radical (unpaired) electrons. The van der Waals surface area contributed by atoms with Crippen molar-refractivity contribution in [3.05, 3.63) is 11.7 Å². The Morgan fingerprint density at radius 1 is 1.55 bits per heavy atom. The molecule has 0 bridgehead atoms. The molecule has 11 heavy (non-hydrogen) atoms. The second kappa shape index (κ2) is 4.49.